The van der Waals surface area contributed by atoms with Crippen LogP contribution >= 0.6 is 11.3 Å². The average Bonchev–Trinajstić information content (AvgIpc) is 3.52. The highest BCUT2D eigenvalue weighted by Gasteiger charge is 2.50. The van der Waals surface area contributed by atoms with Gasteiger partial charge in [-0.3, -0.25) is 4.79 Å². The number of ether oxygens (including phenoxy) is 1. The number of hydrogen-bond acceptors (Lipinski definition) is 5. The molecule has 1 aromatic heterocycles. The summed E-state index contributed by atoms with van der Waals surface area (Å²) in [6.07, 6.45) is 1.42. The smallest absolute Gasteiger partial charge is 0.311 e. The third-order valence-electron chi connectivity index (χ3n) is 5.66. The number of benzene rings is 3. The molecule has 5 rings (SSSR count). The van der Waals surface area contributed by atoms with Gasteiger partial charge in [0.1, 0.15) is 11.5 Å². The largest absolute Gasteiger partial charge is 0.481 e. The average molecular weight is 443 g/mol. The van der Waals surface area contributed by atoms with Gasteiger partial charge in [0.2, 0.25) is 0 Å². The van der Waals surface area contributed by atoms with Crippen LogP contribution in [-0.2, 0) is 4.79 Å². The Balaban J connectivity index is 1.42. The highest BCUT2D eigenvalue weighted by molar-refractivity contribution is 7.19. The molecule has 0 spiro atoms. The molecule has 1 heterocycles. The molecule has 4 aromatic rings. The second kappa shape index (κ2) is 8.48. The van der Waals surface area contributed by atoms with Gasteiger partial charge in [-0.25, -0.2) is 4.98 Å². The fraction of sp³-hybridized carbons (Fsp3) is 0.154. The van der Waals surface area contributed by atoms with Gasteiger partial charge in [0.15, 0.2) is 5.13 Å². The number of carbonyl (C=O) groups is 1. The van der Waals surface area contributed by atoms with Crippen LogP contribution in [0.4, 0.5) is 5.13 Å². The van der Waals surface area contributed by atoms with Gasteiger partial charge in [0.25, 0.3) is 0 Å². The van der Waals surface area contributed by atoms with E-state index in [4.69, 9.17) is 9.72 Å². The summed E-state index contributed by atoms with van der Waals surface area (Å²) in [5.74, 6) is 0.809. The minimum atomic E-state index is -0.737. The Hall–Kier alpha value is -3.64. The van der Waals surface area contributed by atoms with Gasteiger partial charge in [-0.05, 0) is 54.8 Å². The minimum absolute atomic E-state index is 0.396. The first-order valence-electron chi connectivity index (χ1n) is 10.5. The Morgan fingerprint density at radius 2 is 1.53 bits per heavy atom. The summed E-state index contributed by atoms with van der Waals surface area (Å²) in [7, 11) is 0. The van der Waals surface area contributed by atoms with Gasteiger partial charge in [-0.2, -0.15) is 0 Å². The van der Waals surface area contributed by atoms with E-state index in [1.54, 1.807) is 11.3 Å². The second-order valence-electron chi connectivity index (χ2n) is 7.94. The first kappa shape index (κ1) is 20.3. The molecular weight excluding hydrogens is 420 g/mol. The molecule has 0 unspecified atom stereocenters. The van der Waals surface area contributed by atoms with Crippen molar-refractivity contribution in [1.82, 2.24) is 4.98 Å². The van der Waals surface area contributed by atoms with Crippen molar-refractivity contribution in [3.8, 4) is 33.2 Å². The molecule has 0 atom stereocenters. The van der Waals surface area contributed by atoms with E-state index in [2.05, 4.69) is 17.4 Å². The predicted molar refractivity (Wildman–Crippen MR) is 127 cm³/mol. The summed E-state index contributed by atoms with van der Waals surface area (Å²) in [5.41, 5.74) is 2.29. The fourth-order valence-corrected chi connectivity index (χ4v) is 4.53. The molecule has 2 N–H and O–H groups in total. The number of aromatic nitrogens is 1. The zero-order valence-electron chi connectivity index (χ0n) is 17.3. The van der Waals surface area contributed by atoms with E-state index >= 15 is 0 Å². The molecule has 0 bridgehead atoms. The lowest BCUT2D eigenvalue weighted by molar-refractivity contribution is -0.142. The summed E-state index contributed by atoms with van der Waals surface area (Å²) >= 11 is 1.55. The maximum atomic E-state index is 11.5. The van der Waals surface area contributed by atoms with Gasteiger partial charge in [0.05, 0.1) is 16.0 Å². The Labute approximate surface area is 190 Å². The lowest BCUT2D eigenvalue weighted by atomic mass is 10.1. The van der Waals surface area contributed by atoms with E-state index in [1.807, 2.05) is 72.8 Å². The summed E-state index contributed by atoms with van der Waals surface area (Å²) in [6, 6.07) is 27.7. The number of para-hydroxylation sites is 1. The van der Waals surface area contributed by atoms with Gasteiger partial charge in [0, 0.05) is 12.1 Å². The number of thiazole rings is 1. The van der Waals surface area contributed by atoms with E-state index in [1.165, 1.54) is 0 Å². The molecule has 6 heteroatoms. The predicted octanol–water partition coefficient (Wildman–Crippen LogP) is 6.55. The monoisotopic (exact) mass is 442 g/mol. The van der Waals surface area contributed by atoms with E-state index in [9.17, 15) is 9.90 Å². The van der Waals surface area contributed by atoms with Crippen LogP contribution in [0.5, 0.6) is 11.5 Å². The lowest BCUT2D eigenvalue weighted by Gasteiger charge is -2.09. The summed E-state index contributed by atoms with van der Waals surface area (Å²) < 4.78 is 5.91. The van der Waals surface area contributed by atoms with Crippen LogP contribution in [0, 0.1) is 5.41 Å². The number of anilines is 1. The summed E-state index contributed by atoms with van der Waals surface area (Å²) in [5, 5.41) is 13.5. The fourth-order valence-electron chi connectivity index (χ4n) is 3.54. The molecule has 1 saturated carbocycles. The first-order valence-corrected chi connectivity index (χ1v) is 11.3. The highest BCUT2D eigenvalue weighted by Crippen LogP contribution is 2.46. The number of aliphatic carboxylic acids is 1. The Bertz CT molecular complexity index is 1220. The third kappa shape index (κ3) is 4.22. The van der Waals surface area contributed by atoms with E-state index < -0.39 is 11.4 Å². The SMILES string of the molecule is O=C(O)C1(CNc2nc(-c3ccc(Oc4ccccc4)cc3)c(-c3ccccc3)s2)CC1. The number of hydrogen-bond donors (Lipinski definition) is 2. The van der Waals surface area contributed by atoms with Crippen LogP contribution in [0.25, 0.3) is 21.7 Å². The van der Waals surface area contributed by atoms with Crippen LogP contribution in [0.15, 0.2) is 84.9 Å². The van der Waals surface area contributed by atoms with E-state index in [0.717, 1.165) is 38.3 Å². The zero-order valence-corrected chi connectivity index (χ0v) is 18.1. The van der Waals surface area contributed by atoms with Crippen LogP contribution < -0.4 is 10.1 Å². The van der Waals surface area contributed by atoms with Crippen molar-refractivity contribution in [2.45, 2.75) is 12.8 Å². The molecule has 32 heavy (non-hydrogen) atoms. The van der Waals surface area contributed by atoms with Crippen LogP contribution in [-0.4, -0.2) is 22.6 Å². The van der Waals surface area contributed by atoms with E-state index in [-0.39, 0.29) is 0 Å². The summed E-state index contributed by atoms with van der Waals surface area (Å²) in [4.78, 5) is 17.4. The highest BCUT2D eigenvalue weighted by atomic mass is 32.1. The Morgan fingerprint density at radius 3 is 2.16 bits per heavy atom. The lowest BCUT2D eigenvalue weighted by Crippen LogP contribution is -2.24. The molecule has 0 radical (unpaired) electrons. The number of nitrogens with zero attached hydrogens (tertiary/aromatic N) is 1. The molecule has 1 aliphatic rings. The molecule has 1 fully saturated rings. The number of rotatable bonds is 8. The van der Waals surface area contributed by atoms with Crippen LogP contribution in [0.3, 0.4) is 0 Å². The summed E-state index contributed by atoms with van der Waals surface area (Å²) in [6.45, 7) is 0.396. The molecule has 3 aromatic carbocycles. The van der Waals surface area contributed by atoms with Crippen LogP contribution in [0.2, 0.25) is 0 Å². The van der Waals surface area contributed by atoms with Crippen molar-refractivity contribution >= 4 is 22.4 Å². The van der Waals surface area contributed by atoms with Gasteiger partial charge < -0.3 is 15.2 Å². The molecular formula is C26H22N2O3S. The zero-order chi connectivity index (χ0) is 22.0. The van der Waals surface area contributed by atoms with Crippen molar-refractivity contribution < 1.29 is 14.6 Å². The van der Waals surface area contributed by atoms with Crippen molar-refractivity contribution in [3.05, 3.63) is 84.9 Å². The molecule has 0 aliphatic heterocycles. The van der Waals surface area contributed by atoms with Gasteiger partial charge in [-0.15, -0.1) is 0 Å². The maximum Gasteiger partial charge on any atom is 0.311 e. The standard InChI is InChI=1S/C26H22N2O3S/c29-24(30)26(15-16-26)17-27-25-28-22(23(32-25)19-7-3-1-4-8-19)18-11-13-21(14-12-18)31-20-9-5-2-6-10-20/h1-14H,15-17H2,(H,27,28)(H,29,30). The second-order valence-corrected chi connectivity index (χ2v) is 8.94. The van der Waals surface area contributed by atoms with E-state index in [0.29, 0.717) is 19.4 Å². The number of nitrogens with one attached hydrogen (secondary N) is 1. The molecule has 1 aliphatic carbocycles. The normalized spacial score (nSPS) is 14.0. The number of carboxylic acid groups (broad SMARTS) is 1. The minimum Gasteiger partial charge on any atom is -0.481 e. The topological polar surface area (TPSA) is 71.5 Å². The number of carboxylic acids is 1. The molecule has 160 valence electrons. The van der Waals surface area contributed by atoms with Crippen LogP contribution in [0.1, 0.15) is 12.8 Å². The Kier molecular flexibility index (Phi) is 5.37. The molecule has 0 amide bonds. The van der Waals surface area contributed by atoms with Crippen molar-refractivity contribution in [2.75, 3.05) is 11.9 Å². The van der Waals surface area contributed by atoms with Gasteiger partial charge in [-0.1, -0.05) is 59.9 Å². The van der Waals surface area contributed by atoms with Gasteiger partial charge >= 0.3 is 5.97 Å². The first-order chi connectivity index (χ1) is 15.6. The Morgan fingerprint density at radius 1 is 0.906 bits per heavy atom. The van der Waals surface area contributed by atoms with Crippen molar-refractivity contribution in [2.24, 2.45) is 5.41 Å². The maximum absolute atomic E-state index is 11.5. The quantitative estimate of drug-likeness (QED) is 0.324. The molecule has 0 saturated heterocycles. The molecule has 5 nitrogen and oxygen atoms in total. The van der Waals surface area contributed by atoms with Crippen molar-refractivity contribution in [3.63, 3.8) is 0 Å². The van der Waals surface area contributed by atoms with Crippen molar-refractivity contribution in [1.29, 1.82) is 0 Å². The third-order valence-corrected chi connectivity index (χ3v) is 6.72.